The number of fused-ring (bicyclic) bond motifs is 4. The lowest BCUT2D eigenvalue weighted by molar-refractivity contribution is -0.138. The summed E-state index contributed by atoms with van der Waals surface area (Å²) in [6, 6.07) is 13.0. The minimum Gasteiger partial charge on any atom is -0.483 e. The van der Waals surface area contributed by atoms with E-state index in [0.29, 0.717) is 65.2 Å². The van der Waals surface area contributed by atoms with E-state index >= 15 is 0 Å². The zero-order valence-corrected chi connectivity index (χ0v) is 33.4. The number of ether oxygens (including phenoxy) is 2. The van der Waals surface area contributed by atoms with Crippen LogP contribution in [0.3, 0.4) is 0 Å². The van der Waals surface area contributed by atoms with E-state index in [0.717, 1.165) is 26.6 Å². The second kappa shape index (κ2) is 17.7. The van der Waals surface area contributed by atoms with Gasteiger partial charge in [-0.05, 0) is 62.9 Å². The zero-order chi connectivity index (χ0) is 40.9. The third kappa shape index (κ3) is 8.49. The Bertz CT molecular complexity index is 2350. The molecular formula is C40H40ClN9O7S. The summed E-state index contributed by atoms with van der Waals surface area (Å²) in [4.78, 5) is 70.9. The van der Waals surface area contributed by atoms with Gasteiger partial charge in [-0.15, -0.1) is 21.5 Å². The Kier molecular flexibility index (Phi) is 12.3. The van der Waals surface area contributed by atoms with E-state index in [1.54, 1.807) is 30.3 Å². The van der Waals surface area contributed by atoms with Crippen molar-refractivity contribution in [1.29, 1.82) is 5.26 Å². The number of amides is 5. The van der Waals surface area contributed by atoms with Gasteiger partial charge in [-0.25, -0.2) is 0 Å². The maximum atomic E-state index is 13.4. The molecule has 0 bridgehead atoms. The van der Waals surface area contributed by atoms with Gasteiger partial charge in [0.15, 0.2) is 12.4 Å². The Morgan fingerprint density at radius 1 is 1.07 bits per heavy atom. The van der Waals surface area contributed by atoms with Crippen molar-refractivity contribution in [1.82, 2.24) is 35.6 Å². The summed E-state index contributed by atoms with van der Waals surface area (Å²) in [5.74, 6) is -0.431. The van der Waals surface area contributed by atoms with Crippen molar-refractivity contribution in [3.8, 4) is 16.8 Å². The number of halogens is 1. The van der Waals surface area contributed by atoms with Crippen LogP contribution in [0.1, 0.15) is 87.3 Å². The first-order valence-electron chi connectivity index (χ1n) is 18.8. The molecule has 2 atom stereocenters. The molecule has 0 aliphatic carbocycles. The van der Waals surface area contributed by atoms with Crippen LogP contribution < -0.4 is 20.7 Å². The topological polar surface area (TPSA) is 210 Å². The lowest BCUT2D eigenvalue weighted by Gasteiger charge is -2.31. The number of rotatable bonds is 13. The van der Waals surface area contributed by atoms with Crippen molar-refractivity contribution in [2.75, 3.05) is 26.4 Å². The number of imide groups is 1. The molecule has 7 rings (SSSR count). The highest BCUT2D eigenvalue weighted by Crippen LogP contribution is 2.40. The van der Waals surface area contributed by atoms with Crippen LogP contribution in [0.5, 0.6) is 5.75 Å². The molecule has 2 aromatic heterocycles. The first-order chi connectivity index (χ1) is 28.0. The van der Waals surface area contributed by atoms with Gasteiger partial charge in [0.2, 0.25) is 17.7 Å². The molecule has 0 saturated carbocycles. The Morgan fingerprint density at radius 3 is 2.57 bits per heavy atom. The van der Waals surface area contributed by atoms with Crippen LogP contribution >= 0.6 is 22.9 Å². The number of thiophene rings is 1. The van der Waals surface area contributed by atoms with Crippen LogP contribution in [0.4, 0.5) is 0 Å². The lowest BCUT2D eigenvalue weighted by Crippen LogP contribution is -2.54. The largest absolute Gasteiger partial charge is 0.483 e. The van der Waals surface area contributed by atoms with Crippen molar-refractivity contribution in [2.45, 2.75) is 71.1 Å². The smallest absolute Gasteiger partial charge is 0.257 e. The fourth-order valence-corrected chi connectivity index (χ4v) is 8.60. The molecule has 1 fully saturated rings. The van der Waals surface area contributed by atoms with Crippen molar-refractivity contribution in [2.24, 2.45) is 4.99 Å². The van der Waals surface area contributed by atoms with E-state index in [1.165, 1.54) is 16.2 Å². The summed E-state index contributed by atoms with van der Waals surface area (Å²) in [5, 5.41) is 27.8. The number of unbranched alkanes of at least 4 members (excludes halogenated alkanes) is 1. The first kappa shape index (κ1) is 40.2. The van der Waals surface area contributed by atoms with Gasteiger partial charge in [-0.3, -0.25) is 38.8 Å². The predicted molar refractivity (Wildman–Crippen MR) is 212 cm³/mol. The molecule has 2 aromatic carbocycles. The van der Waals surface area contributed by atoms with Gasteiger partial charge in [0.05, 0.1) is 31.2 Å². The Morgan fingerprint density at radius 2 is 1.83 bits per heavy atom. The van der Waals surface area contributed by atoms with Crippen molar-refractivity contribution in [3.63, 3.8) is 0 Å². The fraction of sp³-hybridized carbons (Fsp3) is 0.375. The van der Waals surface area contributed by atoms with Gasteiger partial charge in [-0.1, -0.05) is 29.8 Å². The van der Waals surface area contributed by atoms with Gasteiger partial charge in [0.1, 0.15) is 35.4 Å². The normalized spacial score (nSPS) is 17.4. The van der Waals surface area contributed by atoms with Crippen LogP contribution in [0.2, 0.25) is 5.02 Å². The number of nitrogens with one attached hydrogen (secondary N) is 3. The predicted octanol–water partition coefficient (Wildman–Crippen LogP) is 3.77. The SMILES string of the molecule is Cc1c(CC#N)sc2c1C(c1ccc(Cl)cc1)=NC(CC(=O)NCCCCNC(=O)COc1cccc3c1COCN(C1CCC(=O)NC1=O)C3=O)c1nnc(C)n1-2. The third-order valence-corrected chi connectivity index (χ3v) is 11.7. The maximum absolute atomic E-state index is 13.4. The second-order valence-corrected chi connectivity index (χ2v) is 15.5. The zero-order valence-electron chi connectivity index (χ0n) is 31.8. The van der Waals surface area contributed by atoms with Gasteiger partial charge < -0.3 is 25.0 Å². The molecular weight excluding hydrogens is 786 g/mol. The Labute approximate surface area is 342 Å². The van der Waals surface area contributed by atoms with Crippen LogP contribution in [0, 0.1) is 25.2 Å². The Hall–Kier alpha value is -5.96. The number of nitriles is 1. The molecule has 0 radical (unpaired) electrons. The average Bonchev–Trinajstić information content (AvgIpc) is 3.63. The lowest BCUT2D eigenvalue weighted by atomic mass is 9.99. The molecule has 3 N–H and O–H groups in total. The first-order valence-corrected chi connectivity index (χ1v) is 20.0. The van der Waals surface area contributed by atoms with Gasteiger partial charge >= 0.3 is 0 Å². The monoisotopic (exact) mass is 825 g/mol. The van der Waals surface area contributed by atoms with E-state index < -0.39 is 23.9 Å². The number of carbonyl (C=O) groups is 5. The van der Waals surface area contributed by atoms with Gasteiger partial charge in [-0.2, -0.15) is 5.26 Å². The molecule has 5 heterocycles. The van der Waals surface area contributed by atoms with Gasteiger partial charge in [0, 0.05) is 51.7 Å². The summed E-state index contributed by atoms with van der Waals surface area (Å²) in [5.41, 5.74) is 4.09. The van der Waals surface area contributed by atoms with Crippen molar-refractivity contribution in [3.05, 3.63) is 91.8 Å². The molecule has 18 heteroatoms. The van der Waals surface area contributed by atoms with Gasteiger partial charge in [0.25, 0.3) is 11.8 Å². The van der Waals surface area contributed by atoms with Crippen LogP contribution in [0.25, 0.3) is 5.00 Å². The summed E-state index contributed by atoms with van der Waals surface area (Å²) in [6.07, 6.45) is 1.79. The molecule has 4 aromatic rings. The number of aromatic nitrogens is 3. The summed E-state index contributed by atoms with van der Waals surface area (Å²) in [7, 11) is 0. The molecule has 3 aliphatic rings. The molecule has 1 saturated heterocycles. The molecule has 2 unspecified atom stereocenters. The molecule has 5 amide bonds. The highest BCUT2D eigenvalue weighted by molar-refractivity contribution is 7.15. The number of hydrogen-bond acceptors (Lipinski definition) is 12. The molecule has 3 aliphatic heterocycles. The minimum absolute atomic E-state index is 0.0249. The van der Waals surface area contributed by atoms with E-state index in [9.17, 15) is 29.2 Å². The molecule has 300 valence electrons. The van der Waals surface area contributed by atoms with Crippen molar-refractivity contribution < 1.29 is 33.4 Å². The van der Waals surface area contributed by atoms with Crippen molar-refractivity contribution >= 4 is 58.2 Å². The van der Waals surface area contributed by atoms with E-state index in [2.05, 4.69) is 32.2 Å². The van der Waals surface area contributed by atoms with E-state index in [-0.39, 0.29) is 63.3 Å². The number of benzene rings is 2. The molecule has 58 heavy (non-hydrogen) atoms. The highest BCUT2D eigenvalue weighted by Gasteiger charge is 2.38. The highest BCUT2D eigenvalue weighted by atomic mass is 35.5. The Balaban J connectivity index is 0.912. The van der Waals surface area contributed by atoms with Crippen LogP contribution in [0.15, 0.2) is 47.5 Å². The van der Waals surface area contributed by atoms with Crippen LogP contribution in [-0.4, -0.2) is 87.4 Å². The summed E-state index contributed by atoms with van der Waals surface area (Å²) in [6.45, 7) is 4.15. The number of aryl methyl sites for hydroxylation is 1. The third-order valence-electron chi connectivity index (χ3n) is 10.1. The summed E-state index contributed by atoms with van der Waals surface area (Å²) >= 11 is 7.72. The summed E-state index contributed by atoms with van der Waals surface area (Å²) < 4.78 is 13.5. The number of aliphatic imine (C=N–C) groups is 1. The van der Waals surface area contributed by atoms with Crippen LogP contribution in [-0.2, 0) is 36.9 Å². The maximum Gasteiger partial charge on any atom is 0.257 e. The van der Waals surface area contributed by atoms with E-state index in [1.807, 2.05) is 30.5 Å². The average molecular weight is 826 g/mol. The molecule has 16 nitrogen and oxygen atoms in total. The number of carbonyl (C=O) groups excluding carboxylic acids is 5. The molecule has 0 spiro atoms. The van der Waals surface area contributed by atoms with E-state index in [4.69, 9.17) is 26.1 Å². The number of hydrogen-bond donors (Lipinski definition) is 3. The quantitative estimate of drug-likeness (QED) is 0.131. The fourth-order valence-electron chi connectivity index (χ4n) is 7.18. The number of piperidine rings is 1. The number of nitrogens with zero attached hydrogens (tertiary/aromatic N) is 6. The second-order valence-electron chi connectivity index (χ2n) is 14.0. The minimum atomic E-state index is -0.831. The standard InChI is InChI=1S/C40H40ClN9O7S/c1-22-31(14-15-42)58-40-35(22)36(24-8-10-25(41)11-9-24)45-28(37-48-47-23(2)50(37)40)18-33(52)43-16-3-4-17-44-34(53)20-57-30-7-5-6-26-27(30)19-56-21-49(39(26)55)29-12-13-32(51)46-38(29)54/h5-11,28-29H,3-4,12-14,16-21H2,1-2H3,(H,43,52)(H,44,53)(H,46,51,54).